The van der Waals surface area contributed by atoms with Crippen molar-refractivity contribution >= 4 is 21.6 Å². The van der Waals surface area contributed by atoms with Crippen molar-refractivity contribution in [2.75, 3.05) is 11.9 Å². The normalized spacial score (nSPS) is 12.2. The molecule has 0 spiro atoms. The Bertz CT molecular complexity index is 587. The van der Waals surface area contributed by atoms with E-state index >= 15 is 0 Å². The zero-order chi connectivity index (χ0) is 16.8. The summed E-state index contributed by atoms with van der Waals surface area (Å²) < 4.78 is 26.6. The fourth-order valence-electron chi connectivity index (χ4n) is 1.87. The lowest BCUT2D eigenvalue weighted by Gasteiger charge is -2.17. The number of rotatable bonds is 7. The summed E-state index contributed by atoms with van der Waals surface area (Å²) >= 11 is 0. The minimum atomic E-state index is -3.47. The van der Waals surface area contributed by atoms with E-state index in [-0.39, 0.29) is 16.2 Å². The molecule has 0 atom stereocenters. The van der Waals surface area contributed by atoms with Gasteiger partial charge in [0.25, 0.3) is 0 Å². The number of carbonyl (C=O) groups excluding carboxylic acids is 1. The third-order valence-electron chi connectivity index (χ3n) is 2.96. The van der Waals surface area contributed by atoms with Crippen LogP contribution in [0.1, 0.15) is 47.0 Å². The summed E-state index contributed by atoms with van der Waals surface area (Å²) in [6, 6.07) is 6.21. The first-order valence-electron chi connectivity index (χ1n) is 7.53. The maximum atomic E-state index is 12.0. The van der Waals surface area contributed by atoms with Crippen LogP contribution in [0.2, 0.25) is 0 Å². The second kappa shape index (κ2) is 7.74. The predicted molar refractivity (Wildman–Crippen MR) is 89.2 cm³/mol. The molecule has 2 N–H and O–H groups in total. The van der Waals surface area contributed by atoms with Crippen LogP contribution < -0.4 is 10.0 Å². The Labute approximate surface area is 133 Å². The SMILES string of the molecule is CCCCNS(=O)(=O)c1ccc(NC(=O)CC(C)(C)C)cc1. The number of hydrogen-bond acceptors (Lipinski definition) is 3. The van der Waals surface area contributed by atoms with Gasteiger partial charge < -0.3 is 5.32 Å². The van der Waals surface area contributed by atoms with Gasteiger partial charge in [-0.25, -0.2) is 13.1 Å². The highest BCUT2D eigenvalue weighted by atomic mass is 32.2. The summed E-state index contributed by atoms with van der Waals surface area (Å²) in [5.41, 5.74) is 0.512. The van der Waals surface area contributed by atoms with Gasteiger partial charge in [0, 0.05) is 18.7 Å². The van der Waals surface area contributed by atoms with Crippen LogP contribution in [-0.4, -0.2) is 20.9 Å². The van der Waals surface area contributed by atoms with Crippen molar-refractivity contribution in [3.05, 3.63) is 24.3 Å². The molecule has 22 heavy (non-hydrogen) atoms. The quantitative estimate of drug-likeness (QED) is 0.756. The van der Waals surface area contributed by atoms with E-state index in [1.165, 1.54) is 12.1 Å². The van der Waals surface area contributed by atoms with E-state index in [4.69, 9.17) is 0 Å². The standard InChI is InChI=1S/C16H26N2O3S/c1-5-6-11-17-22(20,21)14-9-7-13(8-10-14)18-15(19)12-16(2,3)4/h7-10,17H,5-6,11-12H2,1-4H3,(H,18,19). The molecule has 0 aromatic heterocycles. The summed E-state index contributed by atoms with van der Waals surface area (Å²) in [6.45, 7) is 8.41. The molecule has 0 saturated carbocycles. The first-order chi connectivity index (χ1) is 10.1. The van der Waals surface area contributed by atoms with Crippen LogP contribution in [-0.2, 0) is 14.8 Å². The number of nitrogens with one attached hydrogen (secondary N) is 2. The lowest BCUT2D eigenvalue weighted by Crippen LogP contribution is -2.24. The highest BCUT2D eigenvalue weighted by molar-refractivity contribution is 7.89. The number of hydrogen-bond donors (Lipinski definition) is 2. The Balaban J connectivity index is 2.68. The molecule has 0 unspecified atom stereocenters. The maximum Gasteiger partial charge on any atom is 0.240 e. The number of sulfonamides is 1. The van der Waals surface area contributed by atoms with Gasteiger partial charge in [-0.2, -0.15) is 0 Å². The number of carbonyl (C=O) groups is 1. The van der Waals surface area contributed by atoms with E-state index in [0.717, 1.165) is 12.8 Å². The zero-order valence-electron chi connectivity index (χ0n) is 13.8. The van der Waals surface area contributed by atoms with E-state index < -0.39 is 10.0 Å². The molecule has 6 heteroatoms. The average molecular weight is 326 g/mol. The summed E-state index contributed by atoms with van der Waals surface area (Å²) in [5, 5.41) is 2.78. The lowest BCUT2D eigenvalue weighted by molar-refractivity contribution is -0.117. The van der Waals surface area contributed by atoms with Crippen LogP contribution >= 0.6 is 0 Å². The molecule has 0 aliphatic heterocycles. The first-order valence-corrected chi connectivity index (χ1v) is 9.02. The fraction of sp³-hybridized carbons (Fsp3) is 0.562. The van der Waals surface area contributed by atoms with Gasteiger partial charge in [-0.15, -0.1) is 0 Å². The molecular weight excluding hydrogens is 300 g/mol. The van der Waals surface area contributed by atoms with E-state index in [0.29, 0.717) is 18.7 Å². The summed E-state index contributed by atoms with van der Waals surface area (Å²) in [7, 11) is -3.47. The molecule has 0 radical (unpaired) electrons. The molecule has 0 saturated heterocycles. The smallest absolute Gasteiger partial charge is 0.240 e. The van der Waals surface area contributed by atoms with Gasteiger partial charge >= 0.3 is 0 Å². The molecule has 0 aliphatic rings. The van der Waals surface area contributed by atoms with E-state index in [9.17, 15) is 13.2 Å². The molecular formula is C16H26N2O3S. The minimum absolute atomic E-state index is 0.0795. The topological polar surface area (TPSA) is 75.3 Å². The molecule has 0 bridgehead atoms. The van der Waals surface area contributed by atoms with Crippen LogP contribution in [0.15, 0.2) is 29.2 Å². The Morgan fingerprint density at radius 1 is 1.14 bits per heavy atom. The largest absolute Gasteiger partial charge is 0.326 e. The second-order valence-corrected chi connectivity index (χ2v) is 8.33. The first kappa shape index (κ1) is 18.6. The summed E-state index contributed by atoms with van der Waals surface area (Å²) in [5.74, 6) is -0.0795. The third kappa shape index (κ3) is 6.58. The van der Waals surface area contributed by atoms with Crippen molar-refractivity contribution in [2.24, 2.45) is 5.41 Å². The number of benzene rings is 1. The molecule has 1 aromatic rings. The van der Waals surface area contributed by atoms with Gasteiger partial charge in [0.05, 0.1) is 4.90 Å². The predicted octanol–water partition coefficient (Wildman–Crippen LogP) is 3.14. The summed E-state index contributed by atoms with van der Waals surface area (Å²) in [4.78, 5) is 12.0. The molecule has 1 aromatic carbocycles. The van der Waals surface area contributed by atoms with Crippen LogP contribution in [0, 0.1) is 5.41 Å². The van der Waals surface area contributed by atoms with Crippen molar-refractivity contribution in [2.45, 2.75) is 51.9 Å². The van der Waals surface area contributed by atoms with Crippen molar-refractivity contribution in [1.29, 1.82) is 0 Å². The highest BCUT2D eigenvalue weighted by Gasteiger charge is 2.17. The van der Waals surface area contributed by atoms with Crippen molar-refractivity contribution in [3.63, 3.8) is 0 Å². The van der Waals surface area contributed by atoms with Crippen LogP contribution in [0.25, 0.3) is 0 Å². The molecule has 1 amide bonds. The Kier molecular flexibility index (Phi) is 6.56. The minimum Gasteiger partial charge on any atom is -0.326 e. The van der Waals surface area contributed by atoms with Gasteiger partial charge in [0.15, 0.2) is 0 Å². The van der Waals surface area contributed by atoms with Crippen molar-refractivity contribution in [3.8, 4) is 0 Å². The third-order valence-corrected chi connectivity index (χ3v) is 4.44. The molecule has 124 valence electrons. The van der Waals surface area contributed by atoms with Gasteiger partial charge in [0.2, 0.25) is 15.9 Å². The fourth-order valence-corrected chi connectivity index (χ4v) is 2.95. The maximum absolute atomic E-state index is 12.0. The van der Waals surface area contributed by atoms with Crippen LogP contribution in [0.3, 0.4) is 0 Å². The van der Waals surface area contributed by atoms with Crippen molar-refractivity contribution < 1.29 is 13.2 Å². The van der Waals surface area contributed by atoms with E-state index in [1.807, 2.05) is 27.7 Å². The Morgan fingerprint density at radius 3 is 2.23 bits per heavy atom. The van der Waals surface area contributed by atoms with Gasteiger partial charge in [0.1, 0.15) is 0 Å². The molecule has 0 aliphatic carbocycles. The number of amides is 1. The van der Waals surface area contributed by atoms with Crippen LogP contribution in [0.5, 0.6) is 0 Å². The number of unbranched alkanes of at least 4 members (excludes halogenated alkanes) is 1. The Hall–Kier alpha value is -1.40. The summed E-state index contributed by atoms with van der Waals surface area (Å²) in [6.07, 6.45) is 2.15. The van der Waals surface area contributed by atoms with Gasteiger partial charge in [-0.05, 0) is 36.1 Å². The molecule has 0 fully saturated rings. The molecule has 1 rings (SSSR count). The zero-order valence-corrected chi connectivity index (χ0v) is 14.6. The Morgan fingerprint density at radius 2 is 1.73 bits per heavy atom. The van der Waals surface area contributed by atoms with Crippen LogP contribution in [0.4, 0.5) is 5.69 Å². The second-order valence-electron chi connectivity index (χ2n) is 6.56. The molecule has 0 heterocycles. The monoisotopic (exact) mass is 326 g/mol. The highest BCUT2D eigenvalue weighted by Crippen LogP contribution is 2.20. The van der Waals surface area contributed by atoms with Crippen molar-refractivity contribution in [1.82, 2.24) is 4.72 Å². The average Bonchev–Trinajstić information content (AvgIpc) is 2.37. The van der Waals surface area contributed by atoms with E-state index in [1.54, 1.807) is 12.1 Å². The number of anilines is 1. The van der Waals surface area contributed by atoms with E-state index in [2.05, 4.69) is 10.0 Å². The van der Waals surface area contributed by atoms with Gasteiger partial charge in [-0.1, -0.05) is 34.1 Å². The molecule has 5 nitrogen and oxygen atoms in total. The lowest BCUT2D eigenvalue weighted by atomic mass is 9.92. The van der Waals surface area contributed by atoms with Gasteiger partial charge in [-0.3, -0.25) is 4.79 Å².